The van der Waals surface area contributed by atoms with Crippen molar-refractivity contribution >= 4 is 16.3 Å². The summed E-state index contributed by atoms with van der Waals surface area (Å²) in [5.74, 6) is 0.179. The van der Waals surface area contributed by atoms with Crippen LogP contribution in [0.4, 0.5) is 9.18 Å². The number of amides is 1. The Hall–Kier alpha value is -1.49. The minimum Gasteiger partial charge on any atom is -0.453 e. The fraction of sp³-hybridized carbons (Fsp3) is 0.773. The first-order valence-corrected chi connectivity index (χ1v) is 12.8. The van der Waals surface area contributed by atoms with Gasteiger partial charge in [-0.2, -0.15) is 17.4 Å². The Morgan fingerprint density at radius 2 is 1.97 bits per heavy atom. The molecule has 32 heavy (non-hydrogen) atoms. The summed E-state index contributed by atoms with van der Waals surface area (Å²) >= 11 is 0. The summed E-state index contributed by atoms with van der Waals surface area (Å²) in [5.41, 5.74) is 1.12. The fourth-order valence-electron chi connectivity index (χ4n) is 4.74. The first-order chi connectivity index (χ1) is 15.2. The number of carbonyl (C=O) groups is 1. The maximum atomic E-state index is 13.6. The zero-order chi connectivity index (χ0) is 23.3. The number of carbonyl (C=O) groups excluding carboxylic acids is 1. The van der Waals surface area contributed by atoms with Gasteiger partial charge in [0.1, 0.15) is 5.83 Å². The topological polar surface area (TPSA) is 88.2 Å². The number of rotatable bonds is 7. The molecule has 0 aromatic carbocycles. The van der Waals surface area contributed by atoms with E-state index in [1.807, 2.05) is 0 Å². The van der Waals surface area contributed by atoms with E-state index in [2.05, 4.69) is 10.8 Å². The molecule has 1 unspecified atom stereocenters. The van der Waals surface area contributed by atoms with Crippen molar-refractivity contribution in [3.05, 3.63) is 23.6 Å². The van der Waals surface area contributed by atoms with E-state index < -0.39 is 16.3 Å². The van der Waals surface area contributed by atoms with Crippen LogP contribution in [0.15, 0.2) is 23.6 Å². The van der Waals surface area contributed by atoms with Gasteiger partial charge in [-0.3, -0.25) is 0 Å². The van der Waals surface area contributed by atoms with Crippen molar-refractivity contribution in [3.63, 3.8) is 0 Å². The van der Waals surface area contributed by atoms with Crippen LogP contribution in [0.2, 0.25) is 0 Å². The number of likely N-dealkylation sites (tertiary alicyclic amines) is 1. The highest BCUT2D eigenvalue weighted by molar-refractivity contribution is 7.87. The van der Waals surface area contributed by atoms with Gasteiger partial charge in [0.2, 0.25) is 0 Å². The number of methoxy groups -OCH3 is 1. The third-order valence-electron chi connectivity index (χ3n) is 6.73. The van der Waals surface area contributed by atoms with E-state index in [9.17, 15) is 17.6 Å². The van der Waals surface area contributed by atoms with Gasteiger partial charge in [-0.05, 0) is 56.1 Å². The molecule has 1 saturated heterocycles. The van der Waals surface area contributed by atoms with Crippen LogP contribution in [0.25, 0.3) is 0 Å². The standard InChI is InChI=1S/C22H36FN3O5S/c1-25(2)32(28,29)24-21-11-12-26(22(27)30-3)14-18(21)15-31-20-9-7-16(8-10-20)17-5-4-6-19(23)13-17/h5,13,16,18,20-21,24H,4,6-12,14-15H2,1-3H3/t16?,18?,20?,21-/m0/s1. The SMILES string of the molecule is COC(=O)N1CC[C@H](NS(=O)(=O)N(C)C)C(COC2CCC(C3=CCCC(F)=C3)CC2)C1. The predicted molar refractivity (Wildman–Crippen MR) is 120 cm³/mol. The summed E-state index contributed by atoms with van der Waals surface area (Å²) in [6.45, 7) is 1.16. The van der Waals surface area contributed by atoms with Crippen LogP contribution in [0.3, 0.4) is 0 Å². The van der Waals surface area contributed by atoms with Crippen LogP contribution in [0.5, 0.6) is 0 Å². The molecule has 1 heterocycles. The molecule has 1 amide bonds. The summed E-state index contributed by atoms with van der Waals surface area (Å²) < 4.78 is 53.3. The van der Waals surface area contributed by atoms with Crippen LogP contribution < -0.4 is 4.72 Å². The van der Waals surface area contributed by atoms with Crippen LogP contribution in [0, 0.1) is 11.8 Å². The van der Waals surface area contributed by atoms with Gasteiger partial charge in [0, 0.05) is 45.6 Å². The van der Waals surface area contributed by atoms with Crippen molar-refractivity contribution in [2.75, 3.05) is 40.9 Å². The van der Waals surface area contributed by atoms with E-state index in [1.54, 1.807) is 11.0 Å². The molecule has 10 heteroatoms. The van der Waals surface area contributed by atoms with E-state index in [0.717, 1.165) is 42.0 Å². The van der Waals surface area contributed by atoms with Gasteiger partial charge in [-0.1, -0.05) is 6.08 Å². The average Bonchev–Trinajstić information content (AvgIpc) is 2.78. The second-order valence-electron chi connectivity index (χ2n) is 9.12. The molecular weight excluding hydrogens is 437 g/mol. The second kappa shape index (κ2) is 11.1. The molecule has 182 valence electrons. The Morgan fingerprint density at radius 1 is 1.25 bits per heavy atom. The Kier molecular flexibility index (Phi) is 8.71. The minimum atomic E-state index is -3.59. The number of hydrogen-bond donors (Lipinski definition) is 1. The van der Waals surface area contributed by atoms with Crippen molar-refractivity contribution in [2.45, 2.75) is 57.1 Å². The van der Waals surface area contributed by atoms with Crippen LogP contribution in [0.1, 0.15) is 44.9 Å². The Labute approximate surface area is 191 Å². The quantitative estimate of drug-likeness (QED) is 0.614. The van der Waals surface area contributed by atoms with Crippen LogP contribution in [-0.2, 0) is 19.7 Å². The maximum Gasteiger partial charge on any atom is 0.409 e. The number of hydrogen-bond acceptors (Lipinski definition) is 5. The van der Waals surface area contributed by atoms with Gasteiger partial charge in [0.25, 0.3) is 10.2 Å². The zero-order valence-electron chi connectivity index (χ0n) is 19.3. The van der Waals surface area contributed by atoms with Gasteiger partial charge in [-0.25, -0.2) is 9.18 Å². The molecule has 1 N–H and O–H groups in total. The molecule has 2 fully saturated rings. The number of ether oxygens (including phenoxy) is 2. The monoisotopic (exact) mass is 473 g/mol. The van der Waals surface area contributed by atoms with E-state index >= 15 is 0 Å². The maximum absolute atomic E-state index is 13.6. The molecule has 0 bridgehead atoms. The van der Waals surface area contributed by atoms with Crippen molar-refractivity contribution < 1.29 is 27.1 Å². The molecule has 2 aliphatic carbocycles. The zero-order valence-corrected chi connectivity index (χ0v) is 20.1. The van der Waals surface area contributed by atoms with E-state index in [-0.39, 0.29) is 23.9 Å². The van der Waals surface area contributed by atoms with E-state index in [1.165, 1.54) is 21.2 Å². The molecule has 1 saturated carbocycles. The largest absolute Gasteiger partial charge is 0.453 e. The molecule has 0 aromatic heterocycles. The van der Waals surface area contributed by atoms with Crippen LogP contribution >= 0.6 is 0 Å². The molecule has 8 nitrogen and oxygen atoms in total. The molecule has 3 aliphatic rings. The fourth-order valence-corrected chi connectivity index (χ4v) is 5.65. The third kappa shape index (κ3) is 6.52. The summed E-state index contributed by atoms with van der Waals surface area (Å²) in [6, 6.07) is -0.319. The lowest BCUT2D eigenvalue weighted by Crippen LogP contribution is -2.55. The summed E-state index contributed by atoms with van der Waals surface area (Å²) in [6.07, 6.45) is 8.98. The molecule has 0 radical (unpaired) electrons. The Bertz CT molecular complexity index is 821. The van der Waals surface area contributed by atoms with Gasteiger partial charge in [0.15, 0.2) is 0 Å². The summed E-state index contributed by atoms with van der Waals surface area (Å²) in [4.78, 5) is 13.6. The number of allylic oxidation sites excluding steroid dienone is 4. The number of nitrogens with one attached hydrogen (secondary N) is 1. The van der Waals surface area contributed by atoms with Crippen molar-refractivity contribution in [2.24, 2.45) is 11.8 Å². The molecular formula is C22H36FN3O5S. The lowest BCUT2D eigenvalue weighted by molar-refractivity contribution is -0.0178. The lowest BCUT2D eigenvalue weighted by Gasteiger charge is -2.39. The normalized spacial score (nSPS) is 29.5. The highest BCUT2D eigenvalue weighted by Gasteiger charge is 2.36. The number of nitrogens with zero attached hydrogens (tertiary/aromatic N) is 2. The van der Waals surface area contributed by atoms with Gasteiger partial charge < -0.3 is 14.4 Å². The van der Waals surface area contributed by atoms with Crippen molar-refractivity contribution in [1.82, 2.24) is 13.9 Å². The highest BCUT2D eigenvalue weighted by atomic mass is 32.2. The third-order valence-corrected chi connectivity index (χ3v) is 8.29. The Balaban J connectivity index is 1.56. The molecule has 3 rings (SSSR count). The highest BCUT2D eigenvalue weighted by Crippen LogP contribution is 2.35. The molecule has 0 spiro atoms. The summed E-state index contributed by atoms with van der Waals surface area (Å²) in [7, 11) is 0.722. The van der Waals surface area contributed by atoms with Gasteiger partial charge in [0.05, 0.1) is 19.8 Å². The van der Waals surface area contributed by atoms with Gasteiger partial charge in [-0.15, -0.1) is 0 Å². The summed E-state index contributed by atoms with van der Waals surface area (Å²) in [5, 5.41) is 0. The smallest absolute Gasteiger partial charge is 0.409 e. The number of halogens is 1. The first kappa shape index (κ1) is 25.1. The van der Waals surface area contributed by atoms with E-state index in [0.29, 0.717) is 38.5 Å². The van der Waals surface area contributed by atoms with Crippen LogP contribution in [-0.4, -0.2) is 76.8 Å². The average molecular weight is 474 g/mol. The molecule has 1 aliphatic heterocycles. The first-order valence-electron chi connectivity index (χ1n) is 11.4. The van der Waals surface area contributed by atoms with Crippen molar-refractivity contribution in [3.8, 4) is 0 Å². The predicted octanol–water partition coefficient (Wildman–Crippen LogP) is 2.99. The minimum absolute atomic E-state index is 0.0282. The molecule has 0 aromatic rings. The Morgan fingerprint density at radius 3 is 2.59 bits per heavy atom. The lowest BCUT2D eigenvalue weighted by atomic mass is 9.80. The van der Waals surface area contributed by atoms with E-state index in [4.69, 9.17) is 9.47 Å². The second-order valence-corrected chi connectivity index (χ2v) is 11.0. The molecule has 2 atom stereocenters. The van der Waals surface area contributed by atoms with Crippen molar-refractivity contribution in [1.29, 1.82) is 0 Å². The van der Waals surface area contributed by atoms with Gasteiger partial charge >= 0.3 is 6.09 Å². The number of piperidine rings is 1.